The number of para-hydroxylation sites is 1. The summed E-state index contributed by atoms with van der Waals surface area (Å²) in [6.45, 7) is 28.1. The first kappa shape index (κ1) is 49.3. The molecule has 9 heteroatoms. The van der Waals surface area contributed by atoms with Crippen molar-refractivity contribution < 1.29 is 42.9 Å². The molecule has 6 nitrogen and oxygen atoms in total. The van der Waals surface area contributed by atoms with E-state index in [-0.39, 0.29) is 30.7 Å². The molecule has 0 heterocycles. The third kappa shape index (κ3) is 13.8. The van der Waals surface area contributed by atoms with Crippen LogP contribution in [0.25, 0.3) is 22.3 Å². The summed E-state index contributed by atoms with van der Waals surface area (Å²) in [6.07, 6.45) is 0.715. The Bertz CT molecular complexity index is 1830. The number of ether oxygens (including phenoxy) is 2. The standard InChI is InChI=1S/C31H49O2P.C13H12N.CH4O3S.Pd/c1-19(2)22-17-23(20(3)4)27(24(18-22)21(5)6)28-25(32-13)15-16-26(33-14)29(28)34(30(7,8)9)31(10,11)12;1-14-13-10-6-5-9-12(13)11-7-3-2-4-8-11;1-5(2,3)4;/h15-21H,1-14H3;2-7,9-10,14H,1H3;1H3,(H,2,3,4);/q;-1;;. The maximum atomic E-state index is 9.19. The second-order valence-corrected chi connectivity index (χ2v) is 21.5. The zero-order valence-corrected chi connectivity index (χ0v) is 38.7. The van der Waals surface area contributed by atoms with E-state index >= 15 is 0 Å². The van der Waals surface area contributed by atoms with Gasteiger partial charge in [0.2, 0.25) is 0 Å². The first-order chi connectivity index (χ1) is 24.5. The number of methoxy groups -OCH3 is 2. The number of benzene rings is 4. The van der Waals surface area contributed by atoms with Crippen molar-refractivity contribution in [1.29, 1.82) is 0 Å². The van der Waals surface area contributed by atoms with Crippen molar-refractivity contribution in [2.75, 3.05) is 32.8 Å². The number of nitrogens with one attached hydrogen (secondary N) is 1. The number of rotatable bonds is 9. The fourth-order valence-corrected chi connectivity index (χ4v) is 11.0. The van der Waals surface area contributed by atoms with Crippen LogP contribution in [-0.2, 0) is 30.5 Å². The van der Waals surface area contributed by atoms with Gasteiger partial charge in [-0.2, -0.15) is 8.42 Å². The van der Waals surface area contributed by atoms with E-state index in [4.69, 9.17) is 14.0 Å². The van der Waals surface area contributed by atoms with E-state index in [1.54, 1.807) is 7.11 Å². The molecule has 0 saturated carbocycles. The van der Waals surface area contributed by atoms with E-state index in [9.17, 15) is 8.42 Å². The van der Waals surface area contributed by atoms with E-state index in [1.165, 1.54) is 38.7 Å². The Kier molecular flexibility index (Phi) is 19.2. The Morgan fingerprint density at radius 1 is 0.722 bits per heavy atom. The average Bonchev–Trinajstić information content (AvgIpc) is 3.06. The molecule has 0 atom stereocenters. The van der Waals surface area contributed by atoms with Gasteiger partial charge in [-0.1, -0.05) is 127 Å². The van der Waals surface area contributed by atoms with Crippen LogP contribution >= 0.6 is 7.92 Å². The summed E-state index contributed by atoms with van der Waals surface area (Å²) in [4.78, 5) is 0. The fourth-order valence-electron chi connectivity index (χ4n) is 6.77. The Labute approximate surface area is 343 Å². The van der Waals surface area contributed by atoms with Gasteiger partial charge in [0.1, 0.15) is 11.5 Å². The molecule has 4 aromatic rings. The van der Waals surface area contributed by atoms with Crippen LogP contribution in [0.15, 0.2) is 72.8 Å². The predicted octanol–water partition coefficient (Wildman–Crippen LogP) is 12.1. The Hall–Kier alpha value is -2.72. The van der Waals surface area contributed by atoms with Crippen molar-refractivity contribution in [3.63, 3.8) is 0 Å². The quantitative estimate of drug-likeness (QED) is 0.0754. The molecule has 0 radical (unpaired) electrons. The van der Waals surface area contributed by atoms with Crippen LogP contribution in [-0.4, -0.2) is 50.8 Å². The minimum Gasteiger partial charge on any atom is -0.496 e. The summed E-state index contributed by atoms with van der Waals surface area (Å²) >= 11 is 0. The normalized spacial score (nSPS) is 11.7. The first-order valence-electron chi connectivity index (χ1n) is 18.4. The fraction of sp³-hybridized carbons (Fsp3) is 0.467. The second kappa shape index (κ2) is 21.0. The summed E-state index contributed by atoms with van der Waals surface area (Å²) in [5.74, 6) is 3.19. The van der Waals surface area contributed by atoms with Crippen molar-refractivity contribution in [2.45, 2.75) is 111 Å². The maximum absolute atomic E-state index is 9.19. The zero-order chi connectivity index (χ0) is 40.5. The van der Waals surface area contributed by atoms with E-state index in [1.807, 2.05) is 44.5 Å². The number of anilines is 1. The van der Waals surface area contributed by atoms with Gasteiger partial charge in [0, 0.05) is 38.3 Å². The SMILES string of the molecule is CNc1ccccc1-c1[c-]cccc1.COc1ccc(OC)c(P(C(C)(C)C)C(C)(C)C)c1-c1c(C(C)C)cc(C(C)C)cc1C(C)C.CS(=O)(=O)O.[Pd]. The van der Waals surface area contributed by atoms with Crippen molar-refractivity contribution in [3.8, 4) is 33.8 Å². The van der Waals surface area contributed by atoms with Crippen LogP contribution < -0.4 is 20.1 Å². The minimum atomic E-state index is -3.67. The van der Waals surface area contributed by atoms with Gasteiger partial charge >= 0.3 is 0 Å². The molecule has 4 aromatic carbocycles. The van der Waals surface area contributed by atoms with Crippen LogP contribution in [0, 0.1) is 6.07 Å². The molecular formula is C45H65NO5PPdS-. The number of hydrogen-bond acceptors (Lipinski definition) is 5. The molecule has 0 spiro atoms. The molecule has 0 aliphatic carbocycles. The minimum absolute atomic E-state index is 0. The van der Waals surface area contributed by atoms with Gasteiger partial charge in [-0.3, -0.25) is 4.55 Å². The van der Waals surface area contributed by atoms with Crippen LogP contribution in [0.1, 0.15) is 118 Å². The molecule has 0 aliphatic heterocycles. The Morgan fingerprint density at radius 3 is 1.57 bits per heavy atom. The van der Waals surface area contributed by atoms with Crippen molar-refractivity contribution in [2.24, 2.45) is 0 Å². The summed E-state index contributed by atoms with van der Waals surface area (Å²) in [6, 6.07) is 28.5. The zero-order valence-electron chi connectivity index (χ0n) is 35.4. The van der Waals surface area contributed by atoms with Gasteiger partial charge in [0.15, 0.2) is 0 Å². The summed E-state index contributed by atoms with van der Waals surface area (Å²) < 4.78 is 38.1. The van der Waals surface area contributed by atoms with Gasteiger partial charge in [-0.05, 0) is 74.2 Å². The van der Waals surface area contributed by atoms with Crippen molar-refractivity contribution in [1.82, 2.24) is 0 Å². The Balaban J connectivity index is 0.000000596. The van der Waals surface area contributed by atoms with Crippen molar-refractivity contribution in [3.05, 3.63) is 95.6 Å². The molecule has 0 saturated heterocycles. The molecule has 54 heavy (non-hydrogen) atoms. The monoisotopic (exact) mass is 868 g/mol. The topological polar surface area (TPSA) is 84.9 Å². The third-order valence-electron chi connectivity index (χ3n) is 8.69. The molecule has 302 valence electrons. The molecule has 0 unspecified atom stereocenters. The molecule has 0 fully saturated rings. The van der Waals surface area contributed by atoms with Gasteiger partial charge < -0.3 is 14.8 Å². The average molecular weight is 869 g/mol. The number of hydrogen-bond donors (Lipinski definition) is 2. The van der Waals surface area contributed by atoms with E-state index in [0.29, 0.717) is 24.0 Å². The molecule has 2 N–H and O–H groups in total. The summed E-state index contributed by atoms with van der Waals surface area (Å²) in [5, 5.41) is 4.69. The first-order valence-corrected chi connectivity index (χ1v) is 21.6. The largest absolute Gasteiger partial charge is 0.496 e. The molecule has 0 amide bonds. The van der Waals surface area contributed by atoms with Gasteiger partial charge in [0.25, 0.3) is 10.1 Å². The van der Waals surface area contributed by atoms with Crippen LogP contribution in [0.5, 0.6) is 11.5 Å². The van der Waals surface area contributed by atoms with Crippen LogP contribution in [0.3, 0.4) is 0 Å². The summed E-state index contributed by atoms with van der Waals surface area (Å²) in [5.41, 5.74) is 10.2. The van der Waals surface area contributed by atoms with Crippen LogP contribution in [0.4, 0.5) is 5.69 Å². The molecule has 0 bridgehead atoms. The Morgan fingerprint density at radius 2 is 1.19 bits per heavy atom. The van der Waals surface area contributed by atoms with Crippen molar-refractivity contribution >= 4 is 29.0 Å². The predicted molar refractivity (Wildman–Crippen MR) is 231 cm³/mol. The van der Waals surface area contributed by atoms with Gasteiger partial charge in [0.05, 0.1) is 20.5 Å². The molecular weight excluding hydrogens is 804 g/mol. The van der Waals surface area contributed by atoms with Gasteiger partial charge in [-0.15, -0.1) is 35.9 Å². The molecule has 0 aliphatic rings. The van der Waals surface area contributed by atoms with E-state index in [0.717, 1.165) is 22.7 Å². The van der Waals surface area contributed by atoms with E-state index < -0.39 is 18.0 Å². The van der Waals surface area contributed by atoms with E-state index in [2.05, 4.69) is 137 Å². The molecule has 4 rings (SSSR count). The third-order valence-corrected chi connectivity index (χ3v) is 12.3. The summed E-state index contributed by atoms with van der Waals surface area (Å²) in [7, 11) is 1.26. The van der Waals surface area contributed by atoms with Crippen LogP contribution in [0.2, 0.25) is 0 Å². The smallest absolute Gasteiger partial charge is 0.261 e. The molecule has 0 aromatic heterocycles. The maximum Gasteiger partial charge on any atom is 0.261 e. The van der Waals surface area contributed by atoms with Gasteiger partial charge in [-0.25, -0.2) is 0 Å². The second-order valence-electron chi connectivity index (χ2n) is 16.2.